The molecule has 0 radical (unpaired) electrons. The van der Waals surface area contributed by atoms with E-state index in [1.54, 1.807) is 6.26 Å². The first kappa shape index (κ1) is 15.1. The van der Waals surface area contributed by atoms with Crippen LogP contribution in [-0.4, -0.2) is 54.5 Å². The van der Waals surface area contributed by atoms with Gasteiger partial charge in [0.1, 0.15) is 5.76 Å². The molecule has 5 nitrogen and oxygen atoms in total. The predicted molar refractivity (Wildman–Crippen MR) is 78.3 cm³/mol. The highest BCUT2D eigenvalue weighted by atomic mass is 16.3. The Morgan fingerprint density at radius 2 is 2.10 bits per heavy atom. The zero-order valence-electron chi connectivity index (χ0n) is 12.5. The van der Waals surface area contributed by atoms with Gasteiger partial charge in [0.25, 0.3) is 0 Å². The van der Waals surface area contributed by atoms with Gasteiger partial charge in [-0.25, -0.2) is 0 Å². The van der Waals surface area contributed by atoms with E-state index < -0.39 is 0 Å². The molecule has 0 bridgehead atoms. The van der Waals surface area contributed by atoms with Crippen LogP contribution in [0.4, 0.5) is 0 Å². The molecular formula is C15H25N3O2. The maximum Gasteiger partial charge on any atom is 0.223 e. The van der Waals surface area contributed by atoms with Crippen molar-refractivity contribution in [3.8, 4) is 0 Å². The van der Waals surface area contributed by atoms with E-state index in [9.17, 15) is 4.79 Å². The Bertz CT molecular complexity index is 395. The molecule has 1 aromatic heterocycles. The number of rotatable bonds is 6. The van der Waals surface area contributed by atoms with Crippen molar-refractivity contribution in [1.82, 2.24) is 15.1 Å². The van der Waals surface area contributed by atoms with Crippen molar-refractivity contribution in [2.75, 3.05) is 32.7 Å². The lowest BCUT2D eigenvalue weighted by atomic mass is 10.2. The lowest BCUT2D eigenvalue weighted by Crippen LogP contribution is -2.48. The molecule has 0 atom stereocenters. The van der Waals surface area contributed by atoms with Gasteiger partial charge in [0.05, 0.1) is 12.8 Å². The van der Waals surface area contributed by atoms with Gasteiger partial charge in [0.2, 0.25) is 5.91 Å². The van der Waals surface area contributed by atoms with Crippen molar-refractivity contribution >= 4 is 5.91 Å². The first-order chi connectivity index (χ1) is 9.65. The SMILES string of the molecule is CC(C)NCCC(=O)N1CCN(Cc2ccco2)CC1. The van der Waals surface area contributed by atoms with E-state index in [2.05, 4.69) is 24.1 Å². The summed E-state index contributed by atoms with van der Waals surface area (Å²) in [4.78, 5) is 16.4. The van der Waals surface area contributed by atoms with Gasteiger partial charge in [0, 0.05) is 45.2 Å². The fourth-order valence-corrected chi connectivity index (χ4v) is 2.40. The van der Waals surface area contributed by atoms with E-state index in [4.69, 9.17) is 4.42 Å². The van der Waals surface area contributed by atoms with Crippen molar-refractivity contribution < 1.29 is 9.21 Å². The normalized spacial score (nSPS) is 16.9. The fraction of sp³-hybridized carbons (Fsp3) is 0.667. The third kappa shape index (κ3) is 4.65. The van der Waals surface area contributed by atoms with E-state index in [0.717, 1.165) is 45.0 Å². The molecule has 1 amide bonds. The Morgan fingerprint density at radius 1 is 1.35 bits per heavy atom. The van der Waals surface area contributed by atoms with Crippen LogP contribution < -0.4 is 5.32 Å². The summed E-state index contributed by atoms with van der Waals surface area (Å²) in [5, 5.41) is 3.28. The Morgan fingerprint density at radius 3 is 2.70 bits per heavy atom. The maximum atomic E-state index is 12.1. The zero-order chi connectivity index (χ0) is 14.4. The van der Waals surface area contributed by atoms with E-state index in [-0.39, 0.29) is 5.91 Å². The molecule has 0 aromatic carbocycles. The minimum Gasteiger partial charge on any atom is -0.468 e. The molecule has 1 aliphatic rings. The Balaban J connectivity index is 1.67. The molecular weight excluding hydrogens is 254 g/mol. The van der Waals surface area contributed by atoms with Crippen molar-refractivity contribution in [3.63, 3.8) is 0 Å². The van der Waals surface area contributed by atoms with Crippen LogP contribution in [0.1, 0.15) is 26.0 Å². The third-order valence-electron chi connectivity index (χ3n) is 3.58. The van der Waals surface area contributed by atoms with E-state index in [1.807, 2.05) is 17.0 Å². The first-order valence-electron chi connectivity index (χ1n) is 7.41. The number of nitrogens with zero attached hydrogens (tertiary/aromatic N) is 2. The van der Waals surface area contributed by atoms with Crippen LogP contribution in [0.25, 0.3) is 0 Å². The van der Waals surface area contributed by atoms with Gasteiger partial charge in [-0.2, -0.15) is 0 Å². The van der Waals surface area contributed by atoms with Gasteiger partial charge >= 0.3 is 0 Å². The maximum absolute atomic E-state index is 12.1. The number of piperazine rings is 1. The van der Waals surface area contributed by atoms with Gasteiger partial charge in [-0.05, 0) is 12.1 Å². The molecule has 1 N–H and O–H groups in total. The number of furan rings is 1. The summed E-state index contributed by atoms with van der Waals surface area (Å²) in [5.41, 5.74) is 0. The molecule has 0 aliphatic carbocycles. The number of hydrogen-bond acceptors (Lipinski definition) is 4. The third-order valence-corrected chi connectivity index (χ3v) is 3.58. The second kappa shape index (κ2) is 7.45. The van der Waals surface area contributed by atoms with Crippen molar-refractivity contribution in [1.29, 1.82) is 0 Å². The van der Waals surface area contributed by atoms with Crippen molar-refractivity contribution in [2.24, 2.45) is 0 Å². The van der Waals surface area contributed by atoms with Crippen LogP contribution in [0, 0.1) is 0 Å². The molecule has 1 aromatic rings. The summed E-state index contributed by atoms with van der Waals surface area (Å²) in [6, 6.07) is 4.35. The summed E-state index contributed by atoms with van der Waals surface area (Å²) < 4.78 is 5.36. The standard InChI is InChI=1S/C15H25N3O2/c1-13(2)16-6-5-15(19)18-9-7-17(8-10-18)12-14-4-3-11-20-14/h3-4,11,13,16H,5-10,12H2,1-2H3. The van der Waals surface area contributed by atoms with E-state index in [1.165, 1.54) is 0 Å². The summed E-state index contributed by atoms with van der Waals surface area (Å²) in [6.45, 7) is 9.28. The molecule has 5 heteroatoms. The summed E-state index contributed by atoms with van der Waals surface area (Å²) >= 11 is 0. The van der Waals surface area contributed by atoms with Crippen LogP contribution in [0.2, 0.25) is 0 Å². The first-order valence-corrected chi connectivity index (χ1v) is 7.41. The molecule has 112 valence electrons. The molecule has 1 fully saturated rings. The lowest BCUT2D eigenvalue weighted by Gasteiger charge is -2.34. The molecule has 0 saturated carbocycles. The highest BCUT2D eigenvalue weighted by molar-refractivity contribution is 5.76. The molecule has 0 spiro atoms. The molecule has 2 heterocycles. The van der Waals surface area contributed by atoms with Crippen LogP contribution in [0.5, 0.6) is 0 Å². The summed E-state index contributed by atoms with van der Waals surface area (Å²) in [5.74, 6) is 1.25. The molecule has 20 heavy (non-hydrogen) atoms. The van der Waals surface area contributed by atoms with E-state index >= 15 is 0 Å². The average molecular weight is 279 g/mol. The Labute approximate surface area is 120 Å². The number of carbonyl (C=O) groups is 1. The lowest BCUT2D eigenvalue weighted by molar-refractivity contribution is -0.132. The van der Waals surface area contributed by atoms with Crippen LogP contribution in [0.15, 0.2) is 22.8 Å². The Kier molecular flexibility index (Phi) is 5.61. The summed E-state index contributed by atoms with van der Waals surface area (Å²) in [6.07, 6.45) is 2.30. The highest BCUT2D eigenvalue weighted by Crippen LogP contribution is 2.09. The van der Waals surface area contributed by atoms with Crippen LogP contribution in [-0.2, 0) is 11.3 Å². The number of hydrogen-bond donors (Lipinski definition) is 1. The second-order valence-corrected chi connectivity index (χ2v) is 5.60. The second-order valence-electron chi connectivity index (χ2n) is 5.60. The smallest absolute Gasteiger partial charge is 0.223 e. The predicted octanol–water partition coefficient (Wildman–Crippen LogP) is 1.31. The van der Waals surface area contributed by atoms with Gasteiger partial charge in [0.15, 0.2) is 0 Å². The number of nitrogens with one attached hydrogen (secondary N) is 1. The number of carbonyl (C=O) groups excluding carboxylic acids is 1. The molecule has 1 saturated heterocycles. The van der Waals surface area contributed by atoms with Gasteiger partial charge in [-0.1, -0.05) is 13.8 Å². The largest absolute Gasteiger partial charge is 0.468 e. The Hall–Kier alpha value is -1.33. The number of amides is 1. The minimum atomic E-state index is 0.260. The molecule has 1 aliphatic heterocycles. The fourth-order valence-electron chi connectivity index (χ4n) is 2.40. The van der Waals surface area contributed by atoms with Crippen molar-refractivity contribution in [3.05, 3.63) is 24.2 Å². The average Bonchev–Trinajstić information content (AvgIpc) is 2.92. The van der Waals surface area contributed by atoms with Gasteiger partial charge in [-0.15, -0.1) is 0 Å². The minimum absolute atomic E-state index is 0.260. The topological polar surface area (TPSA) is 48.7 Å². The monoisotopic (exact) mass is 279 g/mol. The van der Waals surface area contributed by atoms with Crippen LogP contribution in [0.3, 0.4) is 0 Å². The zero-order valence-corrected chi connectivity index (χ0v) is 12.5. The van der Waals surface area contributed by atoms with Crippen LogP contribution >= 0.6 is 0 Å². The molecule has 2 rings (SSSR count). The van der Waals surface area contributed by atoms with Gasteiger partial charge < -0.3 is 14.6 Å². The summed E-state index contributed by atoms with van der Waals surface area (Å²) in [7, 11) is 0. The van der Waals surface area contributed by atoms with Gasteiger partial charge in [-0.3, -0.25) is 9.69 Å². The molecule has 0 unspecified atom stereocenters. The quantitative estimate of drug-likeness (QED) is 0.853. The van der Waals surface area contributed by atoms with E-state index in [0.29, 0.717) is 12.5 Å². The van der Waals surface area contributed by atoms with Crippen molar-refractivity contribution in [2.45, 2.75) is 32.9 Å². The highest BCUT2D eigenvalue weighted by Gasteiger charge is 2.21.